The van der Waals surface area contributed by atoms with Crippen LogP contribution >= 0.6 is 0 Å². The molecular weight excluding hydrogens is 337 g/mol. The van der Waals surface area contributed by atoms with Crippen molar-refractivity contribution in [1.29, 1.82) is 0 Å². The zero-order valence-corrected chi connectivity index (χ0v) is 14.5. The van der Waals surface area contributed by atoms with Crippen molar-refractivity contribution in [2.75, 3.05) is 20.4 Å². The summed E-state index contributed by atoms with van der Waals surface area (Å²) in [6, 6.07) is 13.8. The Labute approximate surface area is 152 Å². The Balaban J connectivity index is 1.70. The summed E-state index contributed by atoms with van der Waals surface area (Å²) >= 11 is 0. The number of methoxy groups -OCH3 is 1. The van der Waals surface area contributed by atoms with Crippen molar-refractivity contribution in [3.63, 3.8) is 0 Å². The first-order valence-corrected chi connectivity index (χ1v) is 8.04. The Kier molecular flexibility index (Phi) is 7.97. The van der Waals surface area contributed by atoms with Gasteiger partial charge in [0.2, 0.25) is 0 Å². The Hall–Kier alpha value is -3.04. The summed E-state index contributed by atoms with van der Waals surface area (Å²) in [6.07, 6.45) is -0.136. The van der Waals surface area contributed by atoms with E-state index in [1.165, 1.54) is 19.2 Å². The predicted octanol–water partition coefficient (Wildman–Crippen LogP) is 3.48. The molecule has 0 aromatic heterocycles. The number of hydrogen-bond acceptors (Lipinski definition) is 4. The van der Waals surface area contributed by atoms with Crippen LogP contribution in [0.3, 0.4) is 0 Å². The van der Waals surface area contributed by atoms with Crippen molar-refractivity contribution in [3.8, 4) is 17.6 Å². The van der Waals surface area contributed by atoms with E-state index in [1.807, 2.05) is 30.3 Å². The smallest absolute Gasteiger partial charge is 0.407 e. The number of benzene rings is 2. The minimum atomic E-state index is -0.513. The monoisotopic (exact) mass is 357 g/mol. The maximum Gasteiger partial charge on any atom is 0.407 e. The van der Waals surface area contributed by atoms with E-state index in [-0.39, 0.29) is 19.0 Å². The lowest BCUT2D eigenvalue weighted by atomic mass is 10.2. The van der Waals surface area contributed by atoms with Gasteiger partial charge in [0.05, 0.1) is 5.56 Å². The fourth-order valence-corrected chi connectivity index (χ4v) is 1.97. The first-order valence-electron chi connectivity index (χ1n) is 8.04. The summed E-state index contributed by atoms with van der Waals surface area (Å²) in [4.78, 5) is 11.6. The average Bonchev–Trinajstić information content (AvgIpc) is 2.66. The molecule has 0 atom stereocenters. The molecule has 0 aliphatic rings. The van der Waals surface area contributed by atoms with E-state index in [2.05, 4.69) is 17.2 Å². The van der Waals surface area contributed by atoms with Crippen molar-refractivity contribution in [2.45, 2.75) is 13.0 Å². The maximum atomic E-state index is 13.9. The van der Waals surface area contributed by atoms with E-state index in [0.29, 0.717) is 18.7 Å². The summed E-state index contributed by atoms with van der Waals surface area (Å²) in [6.45, 7) is 0.578. The molecule has 1 amide bonds. The normalized spacial score (nSPS) is 9.77. The molecule has 26 heavy (non-hydrogen) atoms. The second kappa shape index (κ2) is 10.7. The minimum Gasteiger partial charge on any atom is -0.467 e. The predicted molar refractivity (Wildman–Crippen MR) is 95.0 cm³/mol. The lowest BCUT2D eigenvalue weighted by Gasteiger charge is -2.05. The molecule has 0 aliphatic carbocycles. The molecule has 1 N–H and O–H groups in total. The van der Waals surface area contributed by atoms with Crippen LogP contribution in [-0.2, 0) is 16.1 Å². The maximum absolute atomic E-state index is 13.9. The van der Waals surface area contributed by atoms with E-state index in [1.54, 1.807) is 6.07 Å². The summed E-state index contributed by atoms with van der Waals surface area (Å²) in [5, 5.41) is 2.59. The van der Waals surface area contributed by atoms with Gasteiger partial charge in [0.25, 0.3) is 0 Å². The van der Waals surface area contributed by atoms with Crippen molar-refractivity contribution in [2.24, 2.45) is 0 Å². The molecule has 5 nitrogen and oxygen atoms in total. The zero-order chi connectivity index (χ0) is 18.6. The van der Waals surface area contributed by atoms with Crippen molar-refractivity contribution in [3.05, 3.63) is 65.5 Å². The number of alkyl carbamates (subject to hydrolysis) is 1. The Morgan fingerprint density at radius 2 is 2.00 bits per heavy atom. The van der Waals surface area contributed by atoms with Crippen molar-refractivity contribution < 1.29 is 23.4 Å². The number of hydrogen-bond donors (Lipinski definition) is 1. The van der Waals surface area contributed by atoms with E-state index < -0.39 is 11.9 Å². The first-order chi connectivity index (χ1) is 12.7. The number of carbonyl (C=O) groups is 1. The highest BCUT2D eigenvalue weighted by molar-refractivity contribution is 5.67. The number of carbonyl (C=O) groups excluding carboxylic acids is 1. The van der Waals surface area contributed by atoms with Crippen LogP contribution in [0.15, 0.2) is 48.5 Å². The highest BCUT2D eigenvalue weighted by Gasteiger charge is 2.03. The van der Waals surface area contributed by atoms with Crippen LogP contribution in [0, 0.1) is 17.7 Å². The number of rotatable bonds is 7. The largest absolute Gasteiger partial charge is 0.467 e. The third-order valence-electron chi connectivity index (χ3n) is 3.24. The van der Waals surface area contributed by atoms with Gasteiger partial charge in [-0.2, -0.15) is 0 Å². The van der Waals surface area contributed by atoms with Gasteiger partial charge in [0.1, 0.15) is 18.2 Å². The molecule has 0 saturated carbocycles. The van der Waals surface area contributed by atoms with Crippen LogP contribution in [-0.4, -0.2) is 26.5 Å². The number of amides is 1. The number of nitrogens with one attached hydrogen (secondary N) is 1. The standard InChI is InChI=1S/C20H20FNO4/c1-24-15-26-18-11-10-17(19(21)13-18)9-5-6-12-22-20(23)25-14-16-7-3-2-4-8-16/h2-4,7-8,10-11,13H,6,12,14-15H2,1H3,(H,22,23). The summed E-state index contributed by atoms with van der Waals surface area (Å²) < 4.78 is 28.8. The summed E-state index contributed by atoms with van der Waals surface area (Å²) in [5.74, 6) is 5.43. The van der Waals surface area contributed by atoms with Crippen molar-refractivity contribution >= 4 is 6.09 Å². The lowest BCUT2D eigenvalue weighted by Crippen LogP contribution is -2.24. The molecule has 0 bridgehead atoms. The minimum absolute atomic E-state index is 0.0521. The Morgan fingerprint density at radius 1 is 1.19 bits per heavy atom. The van der Waals surface area contributed by atoms with Gasteiger partial charge in [0.15, 0.2) is 6.79 Å². The fraction of sp³-hybridized carbons (Fsp3) is 0.250. The lowest BCUT2D eigenvalue weighted by molar-refractivity contribution is 0.0509. The van der Waals surface area contributed by atoms with E-state index >= 15 is 0 Å². The first kappa shape index (κ1) is 19.3. The van der Waals surface area contributed by atoms with E-state index in [4.69, 9.17) is 14.2 Å². The van der Waals surface area contributed by atoms with Crippen LogP contribution in [0.2, 0.25) is 0 Å². The molecule has 0 radical (unpaired) electrons. The van der Waals surface area contributed by atoms with Gasteiger partial charge in [-0.05, 0) is 17.7 Å². The molecule has 6 heteroatoms. The quantitative estimate of drug-likeness (QED) is 0.468. The molecule has 2 rings (SSSR count). The molecule has 0 aliphatic heterocycles. The van der Waals surface area contributed by atoms with Crippen molar-refractivity contribution in [1.82, 2.24) is 5.32 Å². The molecule has 0 heterocycles. The van der Waals surface area contributed by atoms with Gasteiger partial charge in [-0.1, -0.05) is 42.2 Å². The second-order valence-electron chi connectivity index (χ2n) is 5.23. The molecule has 0 fully saturated rings. The van der Waals surface area contributed by atoms with Gasteiger partial charge in [0, 0.05) is 26.1 Å². The van der Waals surface area contributed by atoms with Crippen LogP contribution in [0.5, 0.6) is 5.75 Å². The Bertz CT molecular complexity index is 768. The number of ether oxygens (including phenoxy) is 3. The number of halogens is 1. The summed E-state index contributed by atoms with van der Waals surface area (Å²) in [7, 11) is 1.49. The van der Waals surface area contributed by atoms with Crippen LogP contribution in [0.4, 0.5) is 9.18 Å². The third-order valence-corrected chi connectivity index (χ3v) is 3.24. The molecule has 2 aromatic rings. The molecule has 0 saturated heterocycles. The van der Waals surface area contributed by atoms with E-state index in [0.717, 1.165) is 5.56 Å². The van der Waals surface area contributed by atoms with Gasteiger partial charge in [-0.15, -0.1) is 0 Å². The highest BCUT2D eigenvalue weighted by atomic mass is 19.1. The molecule has 2 aromatic carbocycles. The van der Waals surface area contributed by atoms with E-state index in [9.17, 15) is 9.18 Å². The topological polar surface area (TPSA) is 56.8 Å². The highest BCUT2D eigenvalue weighted by Crippen LogP contribution is 2.16. The second-order valence-corrected chi connectivity index (χ2v) is 5.23. The van der Waals surface area contributed by atoms with Crippen LogP contribution in [0.25, 0.3) is 0 Å². The molecule has 0 spiro atoms. The van der Waals surface area contributed by atoms with Gasteiger partial charge >= 0.3 is 6.09 Å². The molecule has 0 unspecified atom stereocenters. The van der Waals surface area contributed by atoms with Crippen LogP contribution < -0.4 is 10.1 Å². The molecule has 136 valence electrons. The zero-order valence-electron chi connectivity index (χ0n) is 14.5. The van der Waals surface area contributed by atoms with Gasteiger partial charge in [-0.3, -0.25) is 0 Å². The van der Waals surface area contributed by atoms with Gasteiger partial charge < -0.3 is 19.5 Å². The average molecular weight is 357 g/mol. The molecular formula is C20H20FNO4. The summed E-state index contributed by atoms with van der Waals surface area (Å²) in [5.41, 5.74) is 1.18. The Morgan fingerprint density at radius 3 is 2.73 bits per heavy atom. The van der Waals surface area contributed by atoms with Crippen LogP contribution in [0.1, 0.15) is 17.5 Å². The fourth-order valence-electron chi connectivity index (χ4n) is 1.97. The van der Waals surface area contributed by atoms with Gasteiger partial charge in [-0.25, -0.2) is 9.18 Å². The SMILES string of the molecule is COCOc1ccc(C#CCCNC(=O)OCc2ccccc2)c(F)c1. The third kappa shape index (κ3) is 6.83.